The predicted octanol–water partition coefficient (Wildman–Crippen LogP) is 5.66. The summed E-state index contributed by atoms with van der Waals surface area (Å²) in [6.07, 6.45) is 14.3. The fourth-order valence-electron chi connectivity index (χ4n) is 10.6. The van der Waals surface area contributed by atoms with Crippen molar-refractivity contribution in [3.8, 4) is 6.07 Å². The van der Waals surface area contributed by atoms with Gasteiger partial charge < -0.3 is 5.11 Å². The third-order valence-electron chi connectivity index (χ3n) is 12.0. The van der Waals surface area contributed by atoms with E-state index in [4.69, 9.17) is 5.26 Å². The van der Waals surface area contributed by atoms with Crippen LogP contribution in [-0.2, 0) is 6.54 Å². The van der Waals surface area contributed by atoms with Crippen LogP contribution in [0.5, 0.6) is 0 Å². The molecule has 174 valence electrons. The zero-order valence-electron chi connectivity index (χ0n) is 20.4. The Balaban J connectivity index is 1.18. The summed E-state index contributed by atoms with van der Waals surface area (Å²) in [5.74, 6) is 6.28. The highest BCUT2D eigenvalue weighted by Crippen LogP contribution is 2.75. The molecule has 0 spiro atoms. The number of fused-ring (bicyclic) bond motifs is 7. The molecule has 6 rings (SSSR count). The molecule has 4 heteroatoms. The fourth-order valence-corrected chi connectivity index (χ4v) is 10.6. The van der Waals surface area contributed by atoms with Gasteiger partial charge in [-0.2, -0.15) is 10.4 Å². The van der Waals surface area contributed by atoms with Crippen LogP contribution in [-0.4, -0.2) is 20.5 Å². The monoisotopic (exact) mass is 435 g/mol. The highest BCUT2D eigenvalue weighted by molar-refractivity contribution is 5.25. The maximum atomic E-state index is 11.2. The van der Waals surface area contributed by atoms with E-state index in [9.17, 15) is 5.11 Å². The fraction of sp³-hybridized carbons (Fsp3) is 0.857. The number of hydrogen-bond donors (Lipinski definition) is 1. The molecule has 0 aromatic carbocycles. The molecule has 5 saturated carbocycles. The van der Waals surface area contributed by atoms with Crippen molar-refractivity contribution < 1.29 is 5.11 Å². The minimum absolute atomic E-state index is 0.147. The van der Waals surface area contributed by atoms with Gasteiger partial charge in [-0.05, 0) is 110 Å². The molecular weight excluding hydrogens is 394 g/mol. The van der Waals surface area contributed by atoms with E-state index in [0.717, 1.165) is 48.5 Å². The average molecular weight is 436 g/mol. The second kappa shape index (κ2) is 6.84. The van der Waals surface area contributed by atoms with E-state index >= 15 is 0 Å². The third-order valence-corrected chi connectivity index (χ3v) is 12.0. The molecule has 1 N–H and O–H groups in total. The molecule has 5 fully saturated rings. The molecule has 0 aliphatic heterocycles. The second-order valence-corrected chi connectivity index (χ2v) is 13.3. The van der Waals surface area contributed by atoms with Crippen LogP contribution in [0.4, 0.5) is 0 Å². The van der Waals surface area contributed by atoms with Crippen molar-refractivity contribution in [2.45, 2.75) is 91.2 Å². The predicted molar refractivity (Wildman–Crippen MR) is 124 cm³/mol. The van der Waals surface area contributed by atoms with Gasteiger partial charge in [-0.25, -0.2) is 0 Å². The molecule has 1 heterocycles. The van der Waals surface area contributed by atoms with Gasteiger partial charge in [0.1, 0.15) is 6.07 Å². The first-order valence-electron chi connectivity index (χ1n) is 13.4. The number of nitriles is 1. The number of hydrogen-bond acceptors (Lipinski definition) is 3. The second-order valence-electron chi connectivity index (χ2n) is 13.3. The number of aromatic nitrogens is 2. The zero-order chi connectivity index (χ0) is 22.5. The van der Waals surface area contributed by atoms with Crippen molar-refractivity contribution in [3.05, 3.63) is 18.0 Å². The molecule has 32 heavy (non-hydrogen) atoms. The summed E-state index contributed by atoms with van der Waals surface area (Å²) in [5, 5.41) is 24.8. The minimum Gasteiger partial charge on any atom is -0.389 e. The van der Waals surface area contributed by atoms with Crippen LogP contribution in [0.25, 0.3) is 0 Å². The molecule has 10 atom stereocenters. The van der Waals surface area contributed by atoms with Gasteiger partial charge >= 0.3 is 0 Å². The lowest BCUT2D eigenvalue weighted by molar-refractivity contribution is -0.0846. The summed E-state index contributed by atoms with van der Waals surface area (Å²) >= 11 is 0. The molecule has 1 aromatic heterocycles. The van der Waals surface area contributed by atoms with Crippen molar-refractivity contribution in [1.29, 1.82) is 5.26 Å². The maximum Gasteiger partial charge on any atom is 0.102 e. The number of nitrogens with zero attached hydrogens (tertiary/aromatic N) is 3. The lowest BCUT2D eigenvalue weighted by atomic mass is 9.49. The van der Waals surface area contributed by atoms with Crippen molar-refractivity contribution >= 4 is 0 Å². The van der Waals surface area contributed by atoms with Gasteiger partial charge in [0.15, 0.2) is 0 Å². The molecule has 4 nitrogen and oxygen atoms in total. The normalized spacial score (nSPS) is 49.2. The molecule has 0 amide bonds. The zero-order valence-corrected chi connectivity index (χ0v) is 20.4. The Kier molecular flexibility index (Phi) is 4.54. The molecule has 0 bridgehead atoms. The summed E-state index contributed by atoms with van der Waals surface area (Å²) in [5.41, 5.74) is 0.931. The largest absolute Gasteiger partial charge is 0.389 e. The smallest absolute Gasteiger partial charge is 0.102 e. The van der Waals surface area contributed by atoms with Gasteiger partial charge in [0, 0.05) is 12.7 Å². The molecule has 5 aliphatic rings. The van der Waals surface area contributed by atoms with E-state index in [1.54, 1.807) is 6.20 Å². The van der Waals surface area contributed by atoms with Crippen LogP contribution in [0, 0.1) is 69.5 Å². The Morgan fingerprint density at radius 2 is 1.78 bits per heavy atom. The lowest BCUT2D eigenvalue weighted by Gasteiger charge is -2.56. The van der Waals surface area contributed by atoms with Crippen molar-refractivity contribution in [1.82, 2.24) is 9.78 Å². The van der Waals surface area contributed by atoms with E-state index in [-0.39, 0.29) is 11.0 Å². The van der Waals surface area contributed by atoms with E-state index < -0.39 is 0 Å². The van der Waals surface area contributed by atoms with Gasteiger partial charge in [-0.15, -0.1) is 0 Å². The van der Waals surface area contributed by atoms with Crippen molar-refractivity contribution in [2.24, 2.45) is 58.2 Å². The average Bonchev–Trinajstić information content (AvgIpc) is 3.14. The summed E-state index contributed by atoms with van der Waals surface area (Å²) in [6, 6.07) is 2.21. The molecule has 5 aliphatic carbocycles. The van der Waals surface area contributed by atoms with Crippen LogP contribution >= 0.6 is 0 Å². The Morgan fingerprint density at radius 1 is 1.06 bits per heavy atom. The molecule has 1 unspecified atom stereocenters. The highest BCUT2D eigenvalue weighted by atomic mass is 16.3. The van der Waals surface area contributed by atoms with Crippen LogP contribution in [0.15, 0.2) is 12.4 Å². The van der Waals surface area contributed by atoms with Gasteiger partial charge in [-0.1, -0.05) is 27.7 Å². The first-order valence-corrected chi connectivity index (χ1v) is 13.4. The summed E-state index contributed by atoms with van der Waals surface area (Å²) in [4.78, 5) is 0. The Labute approximate surface area is 193 Å². The van der Waals surface area contributed by atoms with Crippen LogP contribution in [0.3, 0.4) is 0 Å². The van der Waals surface area contributed by atoms with Gasteiger partial charge in [-0.3, -0.25) is 4.68 Å². The standard InChI is InChI=1S/C28H41N3O/c1-17(15-31-16-18(13-29)14-30-31)23-7-8-24-21-5-6-22-20(19(21)9-11-27(23,24)4)10-12-28(32)25(22)26(28,2)3/h14,16-17,19-25,32H,5-12,15H2,1-4H3/t17-,19-,20-,21-,22+,23-,24+,25?,27-,28-/m1/s1. The number of rotatable bonds is 3. The lowest BCUT2D eigenvalue weighted by Crippen LogP contribution is -2.50. The van der Waals surface area contributed by atoms with Gasteiger partial charge in [0.05, 0.1) is 17.4 Å². The quantitative estimate of drug-likeness (QED) is 0.667. The third kappa shape index (κ3) is 2.67. The Hall–Kier alpha value is -1.34. The number of aliphatic hydroxyl groups is 1. The molecule has 0 radical (unpaired) electrons. The first kappa shape index (κ1) is 21.2. The van der Waals surface area contributed by atoms with Crippen LogP contribution in [0.1, 0.15) is 84.6 Å². The Morgan fingerprint density at radius 3 is 2.53 bits per heavy atom. The first-order chi connectivity index (χ1) is 15.2. The van der Waals surface area contributed by atoms with E-state index in [0.29, 0.717) is 22.8 Å². The van der Waals surface area contributed by atoms with Crippen molar-refractivity contribution in [3.63, 3.8) is 0 Å². The molecule has 1 aromatic rings. The van der Waals surface area contributed by atoms with E-state index in [1.807, 2.05) is 10.9 Å². The topological polar surface area (TPSA) is 61.8 Å². The van der Waals surface area contributed by atoms with Crippen LogP contribution < -0.4 is 0 Å². The Bertz CT molecular complexity index is 945. The minimum atomic E-state index is -0.351. The van der Waals surface area contributed by atoms with E-state index in [2.05, 4.69) is 38.9 Å². The maximum absolute atomic E-state index is 11.2. The molecular formula is C28H41N3O. The molecule has 0 saturated heterocycles. The van der Waals surface area contributed by atoms with Crippen molar-refractivity contribution in [2.75, 3.05) is 0 Å². The summed E-state index contributed by atoms with van der Waals surface area (Å²) in [7, 11) is 0. The summed E-state index contributed by atoms with van der Waals surface area (Å²) in [6.45, 7) is 10.6. The SMILES string of the molecule is C[C@H](Cn1cc(C#N)cn1)[C@H]1CC[C@H]2[C@@H]3CC[C@@H]4C5C(C)(C)[C@@]5(O)CC[C@@H]4[C@H]3CC[C@]12C. The summed E-state index contributed by atoms with van der Waals surface area (Å²) < 4.78 is 2.00. The van der Waals surface area contributed by atoms with Gasteiger partial charge in [0.2, 0.25) is 0 Å². The van der Waals surface area contributed by atoms with Crippen LogP contribution in [0.2, 0.25) is 0 Å². The van der Waals surface area contributed by atoms with E-state index in [1.165, 1.54) is 44.9 Å². The highest BCUT2D eigenvalue weighted by Gasteiger charge is 2.75. The van der Waals surface area contributed by atoms with Gasteiger partial charge in [0.25, 0.3) is 0 Å².